The van der Waals surface area contributed by atoms with Crippen LogP contribution < -0.4 is 5.56 Å². The third-order valence-electron chi connectivity index (χ3n) is 4.76. The highest BCUT2D eigenvalue weighted by Crippen LogP contribution is 2.22. The first-order valence-corrected chi connectivity index (χ1v) is 10.2. The van der Waals surface area contributed by atoms with Crippen molar-refractivity contribution in [2.75, 3.05) is 13.2 Å². The number of azide groups is 1. The Morgan fingerprint density at radius 1 is 1.30 bits per heavy atom. The maximum Gasteiger partial charge on any atom is 0.338 e. The lowest BCUT2D eigenvalue weighted by atomic mass is 9.99. The van der Waals surface area contributed by atoms with Crippen LogP contribution in [0.2, 0.25) is 0 Å². The molecule has 0 N–H and O–H groups in total. The highest BCUT2D eigenvalue weighted by Gasteiger charge is 2.19. The molecule has 3 rings (SSSR count). The molecule has 1 aromatic heterocycles. The lowest BCUT2D eigenvalue weighted by molar-refractivity contribution is 0.0496. The van der Waals surface area contributed by atoms with E-state index in [1.54, 1.807) is 35.9 Å². The minimum Gasteiger partial charge on any atom is -0.462 e. The second kappa shape index (κ2) is 10.0. The molecule has 0 spiro atoms. The molecule has 8 nitrogen and oxygen atoms in total. The molecule has 9 heteroatoms. The number of esters is 1. The first kappa shape index (κ1) is 21.5. The van der Waals surface area contributed by atoms with Gasteiger partial charge in [-0.15, -0.1) is 0 Å². The summed E-state index contributed by atoms with van der Waals surface area (Å²) in [6.07, 6.45) is 0.999. The third-order valence-corrected chi connectivity index (χ3v) is 5.25. The van der Waals surface area contributed by atoms with Crippen molar-refractivity contribution in [1.29, 1.82) is 0 Å². The van der Waals surface area contributed by atoms with Crippen LogP contribution in [0.5, 0.6) is 0 Å². The molecular weight excluding hydrogens is 450 g/mol. The lowest BCUT2D eigenvalue weighted by Crippen LogP contribution is -2.27. The maximum atomic E-state index is 12.9. The van der Waals surface area contributed by atoms with E-state index in [-0.39, 0.29) is 24.6 Å². The molecule has 1 heterocycles. The average molecular weight is 470 g/mol. The summed E-state index contributed by atoms with van der Waals surface area (Å²) in [4.78, 5) is 32.3. The van der Waals surface area contributed by atoms with E-state index in [2.05, 4.69) is 30.9 Å². The molecule has 30 heavy (non-hydrogen) atoms. The number of ether oxygens (including phenoxy) is 1. The maximum absolute atomic E-state index is 12.9. The minimum atomic E-state index is -0.396. The number of fused-ring (bicyclic) bond motifs is 1. The molecule has 154 valence electrons. The van der Waals surface area contributed by atoms with Gasteiger partial charge in [-0.3, -0.25) is 4.79 Å². The highest BCUT2D eigenvalue weighted by atomic mass is 79.9. The summed E-state index contributed by atoms with van der Waals surface area (Å²) in [5.74, 6) is -0.768. The van der Waals surface area contributed by atoms with Gasteiger partial charge in [0.15, 0.2) is 0 Å². The van der Waals surface area contributed by atoms with Crippen molar-refractivity contribution in [1.82, 2.24) is 9.55 Å². The lowest BCUT2D eigenvalue weighted by Gasteiger charge is -2.16. The predicted molar refractivity (Wildman–Crippen MR) is 117 cm³/mol. The largest absolute Gasteiger partial charge is 0.462 e. The summed E-state index contributed by atoms with van der Waals surface area (Å²) in [6, 6.07) is 14.3. The number of rotatable bonds is 8. The van der Waals surface area contributed by atoms with Crippen LogP contribution in [-0.4, -0.2) is 28.7 Å². The topological polar surface area (TPSA) is 110 Å². The molecule has 0 saturated heterocycles. The van der Waals surface area contributed by atoms with Crippen LogP contribution in [0.15, 0.2) is 62.9 Å². The fourth-order valence-electron chi connectivity index (χ4n) is 3.19. The number of halogens is 1. The highest BCUT2D eigenvalue weighted by molar-refractivity contribution is 9.10. The van der Waals surface area contributed by atoms with Gasteiger partial charge in [0.1, 0.15) is 5.69 Å². The molecule has 0 aliphatic heterocycles. The number of aryl methyl sites for hydroxylation is 1. The van der Waals surface area contributed by atoms with Gasteiger partial charge in [0, 0.05) is 28.9 Å². The van der Waals surface area contributed by atoms with E-state index in [0.29, 0.717) is 35.1 Å². The van der Waals surface area contributed by atoms with Crippen LogP contribution in [0.3, 0.4) is 0 Å². The van der Waals surface area contributed by atoms with Crippen molar-refractivity contribution in [3.8, 4) is 0 Å². The molecule has 0 unspecified atom stereocenters. The Hall–Kier alpha value is -3.16. The smallest absolute Gasteiger partial charge is 0.338 e. The van der Waals surface area contributed by atoms with Gasteiger partial charge in [0.2, 0.25) is 0 Å². The van der Waals surface area contributed by atoms with Crippen LogP contribution in [0.25, 0.3) is 21.5 Å². The van der Waals surface area contributed by atoms with Gasteiger partial charge in [-0.05, 0) is 48.7 Å². The monoisotopic (exact) mass is 469 g/mol. The third kappa shape index (κ3) is 5.06. The van der Waals surface area contributed by atoms with Crippen LogP contribution in [0.1, 0.15) is 34.8 Å². The summed E-state index contributed by atoms with van der Waals surface area (Å²) >= 11 is 3.40. The van der Waals surface area contributed by atoms with Gasteiger partial charge in [-0.25, -0.2) is 9.78 Å². The molecule has 2 aromatic carbocycles. The molecule has 0 saturated carbocycles. The zero-order chi connectivity index (χ0) is 21.5. The van der Waals surface area contributed by atoms with E-state index < -0.39 is 5.97 Å². The first-order chi connectivity index (χ1) is 14.5. The summed E-state index contributed by atoms with van der Waals surface area (Å²) in [5, 5.41) is 3.65. The number of benzene rings is 2. The van der Waals surface area contributed by atoms with E-state index in [0.717, 1.165) is 4.47 Å². The van der Waals surface area contributed by atoms with Gasteiger partial charge >= 0.3 is 5.97 Å². The van der Waals surface area contributed by atoms with Gasteiger partial charge in [-0.1, -0.05) is 39.2 Å². The summed E-state index contributed by atoms with van der Waals surface area (Å²) in [5.41, 5.74) is 10.7. The predicted octanol–water partition coefficient (Wildman–Crippen LogP) is 4.73. The van der Waals surface area contributed by atoms with E-state index in [1.807, 2.05) is 24.3 Å². The first-order valence-electron chi connectivity index (χ1n) is 9.40. The van der Waals surface area contributed by atoms with Gasteiger partial charge in [0.25, 0.3) is 5.56 Å². The summed E-state index contributed by atoms with van der Waals surface area (Å²) in [6.45, 7) is 0.300. The van der Waals surface area contributed by atoms with E-state index in [4.69, 9.17) is 10.3 Å². The van der Waals surface area contributed by atoms with Crippen molar-refractivity contribution in [2.24, 2.45) is 12.2 Å². The van der Waals surface area contributed by atoms with Crippen molar-refractivity contribution in [3.63, 3.8) is 0 Å². The molecule has 0 bridgehead atoms. The molecule has 0 aliphatic rings. The molecule has 3 aromatic rings. The normalized spacial score (nSPS) is 11.7. The van der Waals surface area contributed by atoms with Crippen molar-refractivity contribution < 1.29 is 9.53 Å². The minimum absolute atomic E-state index is 0.105. The quantitative estimate of drug-likeness (QED) is 0.156. The van der Waals surface area contributed by atoms with Crippen molar-refractivity contribution >= 4 is 32.9 Å². The Labute approximate surface area is 181 Å². The molecular formula is C21H20BrN5O3. The molecule has 0 fully saturated rings. The number of nitrogens with zero attached hydrogens (tertiary/aromatic N) is 5. The van der Waals surface area contributed by atoms with E-state index >= 15 is 0 Å². The second-order valence-corrected chi connectivity index (χ2v) is 7.66. The number of hydrogen-bond acceptors (Lipinski definition) is 5. The SMILES string of the molecule is Cn1c(=O)c([C@H](CCCOC(=O)c2ccccc2)CN=[N+]=[N-])nc2ccc(Br)cc21. The number of aromatic nitrogens is 2. The Kier molecular flexibility index (Phi) is 7.21. The number of carbonyl (C=O) groups is 1. The fraction of sp³-hybridized carbons (Fsp3) is 0.286. The number of hydrogen-bond donors (Lipinski definition) is 0. The van der Waals surface area contributed by atoms with Crippen LogP contribution in [0, 0.1) is 0 Å². The zero-order valence-electron chi connectivity index (χ0n) is 16.4. The molecule has 0 aliphatic carbocycles. The van der Waals surface area contributed by atoms with E-state index in [9.17, 15) is 9.59 Å². The Morgan fingerprint density at radius 3 is 2.80 bits per heavy atom. The van der Waals surface area contributed by atoms with Crippen molar-refractivity contribution in [2.45, 2.75) is 18.8 Å². The zero-order valence-corrected chi connectivity index (χ0v) is 17.9. The fourth-order valence-corrected chi connectivity index (χ4v) is 3.54. The van der Waals surface area contributed by atoms with Gasteiger partial charge in [-0.2, -0.15) is 0 Å². The standard InChI is InChI=1S/C21H20BrN5O3/c1-27-18-12-16(22)9-10-17(18)25-19(20(27)28)15(13-24-26-23)8-5-11-30-21(29)14-6-3-2-4-7-14/h2-4,6-7,9-10,12,15H,5,8,11,13H2,1H3/t15-/m1/s1. The molecule has 0 amide bonds. The van der Waals surface area contributed by atoms with Gasteiger partial charge in [0.05, 0.1) is 23.2 Å². The van der Waals surface area contributed by atoms with Crippen LogP contribution in [-0.2, 0) is 11.8 Å². The van der Waals surface area contributed by atoms with Crippen LogP contribution in [0.4, 0.5) is 0 Å². The van der Waals surface area contributed by atoms with Crippen molar-refractivity contribution in [3.05, 3.63) is 85.1 Å². The summed E-state index contributed by atoms with van der Waals surface area (Å²) < 4.78 is 7.70. The summed E-state index contributed by atoms with van der Waals surface area (Å²) in [7, 11) is 1.69. The molecule has 1 atom stereocenters. The van der Waals surface area contributed by atoms with E-state index in [1.165, 1.54) is 0 Å². The Morgan fingerprint density at radius 2 is 2.07 bits per heavy atom. The van der Waals surface area contributed by atoms with Gasteiger partial charge < -0.3 is 9.30 Å². The number of carbonyl (C=O) groups excluding carboxylic acids is 1. The molecule has 0 radical (unpaired) electrons. The Balaban J connectivity index is 1.75. The Bertz CT molecular complexity index is 1160. The van der Waals surface area contributed by atoms with Crippen LogP contribution >= 0.6 is 15.9 Å². The average Bonchev–Trinajstić information content (AvgIpc) is 2.77. The second-order valence-electron chi connectivity index (χ2n) is 6.75.